The molecule has 6 amide bonds. The molecule has 3 rings (SSSR count). The highest BCUT2D eigenvalue weighted by molar-refractivity contribution is 7.84. The number of benzene rings is 1. The second kappa shape index (κ2) is 9.33. The first-order valence-corrected chi connectivity index (χ1v) is 10.9. The van der Waals surface area contributed by atoms with Gasteiger partial charge in [-0.3, -0.25) is 28.6 Å². The number of aldehydes is 1. The van der Waals surface area contributed by atoms with Gasteiger partial charge in [0.25, 0.3) is 5.91 Å². The summed E-state index contributed by atoms with van der Waals surface area (Å²) in [5.41, 5.74) is 0.278. The number of piperazine rings is 1. The molecule has 15 heteroatoms. The number of amides is 6. The fraction of sp³-hybridized carbons (Fsp3) is 0.333. The molecular formula is C18H19N5O9S. The Kier molecular flexibility index (Phi) is 6.73. The Hall–Kier alpha value is -3.85. The van der Waals surface area contributed by atoms with Gasteiger partial charge in [0.05, 0.1) is 13.1 Å². The predicted molar refractivity (Wildman–Crippen MR) is 107 cm³/mol. The van der Waals surface area contributed by atoms with Crippen LogP contribution in [0.4, 0.5) is 4.79 Å². The van der Waals surface area contributed by atoms with E-state index in [2.05, 4.69) is 10.6 Å². The number of rotatable bonds is 7. The number of nitrogens with zero attached hydrogens (tertiary/aromatic N) is 3. The van der Waals surface area contributed by atoms with Crippen molar-refractivity contribution in [2.75, 3.05) is 26.2 Å². The Morgan fingerprint density at radius 2 is 1.79 bits per heavy atom. The van der Waals surface area contributed by atoms with Gasteiger partial charge in [0.1, 0.15) is 18.4 Å². The van der Waals surface area contributed by atoms with Crippen LogP contribution in [0.2, 0.25) is 0 Å². The molecule has 0 spiro atoms. The van der Waals surface area contributed by atoms with Gasteiger partial charge in [0.15, 0.2) is 0 Å². The molecular weight excluding hydrogens is 462 g/mol. The van der Waals surface area contributed by atoms with Crippen molar-refractivity contribution in [3.8, 4) is 0 Å². The van der Waals surface area contributed by atoms with E-state index in [4.69, 9.17) is 4.55 Å². The second-order valence-corrected chi connectivity index (χ2v) is 8.41. The maximum Gasteiger partial charge on any atom is 0.362 e. The van der Waals surface area contributed by atoms with Gasteiger partial charge < -0.3 is 20.3 Å². The summed E-state index contributed by atoms with van der Waals surface area (Å²) < 4.78 is 31.2. The van der Waals surface area contributed by atoms with Crippen LogP contribution in [0.15, 0.2) is 30.3 Å². The third kappa shape index (κ3) is 4.98. The fourth-order valence-electron chi connectivity index (χ4n) is 3.25. The largest absolute Gasteiger partial charge is 0.362 e. The van der Waals surface area contributed by atoms with E-state index in [-0.39, 0.29) is 29.5 Å². The van der Waals surface area contributed by atoms with Crippen LogP contribution in [0.3, 0.4) is 0 Å². The van der Waals surface area contributed by atoms with Crippen molar-refractivity contribution in [3.63, 3.8) is 0 Å². The molecule has 3 N–H and O–H groups in total. The summed E-state index contributed by atoms with van der Waals surface area (Å²) in [4.78, 5) is 74.0. The monoisotopic (exact) mass is 481 g/mol. The predicted octanol–water partition coefficient (Wildman–Crippen LogP) is -2.56. The van der Waals surface area contributed by atoms with E-state index in [0.717, 1.165) is 4.90 Å². The molecule has 0 bridgehead atoms. The number of nitrogens with one attached hydrogen (secondary N) is 2. The third-order valence-electron chi connectivity index (χ3n) is 5.00. The lowest BCUT2D eigenvalue weighted by Crippen LogP contribution is -2.66. The van der Waals surface area contributed by atoms with Gasteiger partial charge in [-0.1, -0.05) is 30.3 Å². The number of imide groups is 1. The van der Waals surface area contributed by atoms with E-state index < -0.39 is 58.6 Å². The van der Waals surface area contributed by atoms with E-state index in [0.29, 0.717) is 11.2 Å². The minimum Gasteiger partial charge on any atom is -0.341 e. The Labute approximate surface area is 187 Å². The van der Waals surface area contributed by atoms with Crippen molar-refractivity contribution in [1.82, 2.24) is 24.7 Å². The van der Waals surface area contributed by atoms with Crippen LogP contribution in [0.25, 0.3) is 0 Å². The van der Waals surface area contributed by atoms with E-state index >= 15 is 0 Å². The van der Waals surface area contributed by atoms with Crippen LogP contribution in [-0.4, -0.2) is 95.2 Å². The van der Waals surface area contributed by atoms with Crippen molar-refractivity contribution in [3.05, 3.63) is 35.9 Å². The first kappa shape index (κ1) is 23.8. The zero-order chi connectivity index (χ0) is 24.3. The van der Waals surface area contributed by atoms with Crippen molar-refractivity contribution in [2.45, 2.75) is 12.1 Å². The SMILES string of the molecule is O=CCN1CCN(C(=O)N[C@@H](C(=O)NC2CN(S(=O)(=O)O)C2=O)c2ccccc2)C(=O)C1=O. The van der Waals surface area contributed by atoms with Gasteiger partial charge in [-0.2, -0.15) is 8.42 Å². The van der Waals surface area contributed by atoms with Crippen LogP contribution in [0.5, 0.6) is 0 Å². The van der Waals surface area contributed by atoms with E-state index in [1.165, 1.54) is 12.1 Å². The van der Waals surface area contributed by atoms with Crippen LogP contribution in [0.1, 0.15) is 11.6 Å². The first-order valence-electron chi connectivity index (χ1n) is 9.53. The number of hydrogen-bond donors (Lipinski definition) is 3. The van der Waals surface area contributed by atoms with E-state index in [1.54, 1.807) is 18.2 Å². The summed E-state index contributed by atoms with van der Waals surface area (Å²) >= 11 is 0. The van der Waals surface area contributed by atoms with Crippen LogP contribution < -0.4 is 10.6 Å². The Balaban J connectivity index is 1.73. The summed E-state index contributed by atoms with van der Waals surface area (Å²) in [6, 6.07) is 4.07. The lowest BCUT2D eigenvalue weighted by atomic mass is 10.0. The minimum absolute atomic E-state index is 0.0685. The average molecular weight is 481 g/mol. The van der Waals surface area contributed by atoms with Crippen molar-refractivity contribution in [1.29, 1.82) is 0 Å². The van der Waals surface area contributed by atoms with Gasteiger partial charge in [0.2, 0.25) is 5.91 Å². The standard InChI is InChI=1S/C18H19N5O9S/c24-9-8-21-6-7-22(17(28)16(21)27)18(29)20-13(11-4-2-1-3-5-11)14(25)19-12-10-23(15(12)26)33(30,31)32/h1-5,9,12-13H,6-8,10H2,(H,19,25)(H,20,29)(H,30,31,32)/t12?,13-/m1/s1. The molecule has 14 nitrogen and oxygen atoms in total. The minimum atomic E-state index is -4.75. The Morgan fingerprint density at radius 1 is 1.12 bits per heavy atom. The highest BCUT2D eigenvalue weighted by atomic mass is 32.2. The molecule has 2 aliphatic rings. The number of carbonyl (C=O) groups excluding carboxylic acids is 6. The van der Waals surface area contributed by atoms with Crippen molar-refractivity contribution >= 4 is 46.3 Å². The molecule has 1 aromatic rings. The van der Waals surface area contributed by atoms with Crippen molar-refractivity contribution < 1.29 is 41.7 Å². The van der Waals surface area contributed by atoms with E-state index in [9.17, 15) is 37.2 Å². The molecule has 33 heavy (non-hydrogen) atoms. The molecule has 2 saturated heterocycles. The molecule has 0 aliphatic carbocycles. The first-order chi connectivity index (χ1) is 15.5. The summed E-state index contributed by atoms with van der Waals surface area (Å²) in [5, 5.41) is 4.61. The van der Waals surface area contributed by atoms with Gasteiger partial charge in [-0.25, -0.2) is 9.10 Å². The molecule has 1 unspecified atom stereocenters. The molecule has 0 saturated carbocycles. The molecule has 2 fully saturated rings. The highest BCUT2D eigenvalue weighted by Crippen LogP contribution is 2.18. The smallest absolute Gasteiger partial charge is 0.341 e. The van der Waals surface area contributed by atoms with Gasteiger partial charge >= 0.3 is 28.1 Å². The molecule has 0 aromatic heterocycles. The van der Waals surface area contributed by atoms with E-state index in [1.807, 2.05) is 0 Å². The molecule has 1 aromatic carbocycles. The maximum atomic E-state index is 12.8. The fourth-order valence-corrected chi connectivity index (χ4v) is 3.94. The molecule has 2 atom stereocenters. The Bertz CT molecular complexity index is 1110. The quantitative estimate of drug-likeness (QED) is 0.163. The number of hydrogen-bond acceptors (Lipinski definition) is 8. The molecule has 2 aliphatic heterocycles. The summed E-state index contributed by atoms with van der Waals surface area (Å²) in [7, 11) is -4.75. The summed E-state index contributed by atoms with van der Waals surface area (Å²) in [6.45, 7) is -1.08. The zero-order valence-corrected chi connectivity index (χ0v) is 17.7. The lowest BCUT2D eigenvalue weighted by Gasteiger charge is -2.36. The van der Waals surface area contributed by atoms with Crippen molar-refractivity contribution in [2.24, 2.45) is 0 Å². The van der Waals surface area contributed by atoms with Gasteiger partial charge in [-0.05, 0) is 5.56 Å². The topological polar surface area (TPSA) is 191 Å². The normalized spacial score (nSPS) is 19.6. The number of β-lactam (4-membered cyclic amide) rings is 1. The molecule has 0 radical (unpaired) electrons. The second-order valence-electron chi connectivity index (χ2n) is 7.08. The molecule has 2 heterocycles. The third-order valence-corrected chi connectivity index (χ3v) is 5.89. The number of urea groups is 1. The maximum absolute atomic E-state index is 12.8. The lowest BCUT2D eigenvalue weighted by molar-refractivity contribution is -0.154. The van der Waals surface area contributed by atoms with Gasteiger partial charge in [-0.15, -0.1) is 0 Å². The summed E-state index contributed by atoms with van der Waals surface area (Å²) in [5.74, 6) is -4.17. The zero-order valence-electron chi connectivity index (χ0n) is 16.9. The number of carbonyl (C=O) groups is 6. The van der Waals surface area contributed by atoms with Crippen LogP contribution in [-0.2, 0) is 34.3 Å². The molecule has 176 valence electrons. The highest BCUT2D eigenvalue weighted by Gasteiger charge is 2.45. The average Bonchev–Trinajstić information content (AvgIpc) is 2.77. The van der Waals surface area contributed by atoms with Gasteiger partial charge in [0, 0.05) is 13.1 Å². The van der Waals surface area contributed by atoms with Crippen LogP contribution >= 0.6 is 0 Å². The summed E-state index contributed by atoms with van der Waals surface area (Å²) in [6.07, 6.45) is 0.446. The van der Waals surface area contributed by atoms with Crippen LogP contribution in [0, 0.1) is 0 Å². The Morgan fingerprint density at radius 3 is 2.36 bits per heavy atom.